The molecule has 5 nitrogen and oxygen atoms in total. The molecule has 0 saturated carbocycles. The second-order valence-corrected chi connectivity index (χ2v) is 3.56. The number of esters is 1. The summed E-state index contributed by atoms with van der Waals surface area (Å²) in [4.78, 5) is 15.0. The number of aryl methyl sites for hydroxylation is 1. The van der Waals surface area contributed by atoms with Gasteiger partial charge in [-0.05, 0) is 13.0 Å². The zero-order chi connectivity index (χ0) is 14.6. The number of hydrogen-bond donors (Lipinski definition) is 0. The summed E-state index contributed by atoms with van der Waals surface area (Å²) < 4.78 is 49.9. The molecule has 0 saturated heterocycles. The Balaban J connectivity index is 3.18. The molecule has 0 unspecified atom stereocenters. The molecule has 0 radical (unpaired) electrons. The van der Waals surface area contributed by atoms with Crippen molar-refractivity contribution in [3.63, 3.8) is 0 Å². The SMILES string of the molecule is COC(=O)Cc1nc(OC)c(C)cc1OC(F)(F)F. The van der Waals surface area contributed by atoms with E-state index in [1.54, 1.807) is 0 Å². The Morgan fingerprint density at radius 2 is 2.00 bits per heavy atom. The summed E-state index contributed by atoms with van der Waals surface area (Å²) in [5.41, 5.74) is 0.155. The van der Waals surface area contributed by atoms with Crippen LogP contribution in [-0.2, 0) is 16.0 Å². The zero-order valence-corrected chi connectivity index (χ0v) is 10.5. The molecule has 0 fully saturated rings. The summed E-state index contributed by atoms with van der Waals surface area (Å²) in [6.45, 7) is 1.51. The molecule has 0 N–H and O–H groups in total. The van der Waals surface area contributed by atoms with E-state index in [-0.39, 0.29) is 11.6 Å². The molecular weight excluding hydrogens is 267 g/mol. The first kappa shape index (κ1) is 15.1. The minimum atomic E-state index is -4.87. The Bertz CT molecular complexity index is 474. The highest BCUT2D eigenvalue weighted by Gasteiger charge is 2.33. The molecule has 106 valence electrons. The highest BCUT2D eigenvalue weighted by Crippen LogP contribution is 2.30. The maximum atomic E-state index is 12.3. The minimum absolute atomic E-state index is 0.119. The van der Waals surface area contributed by atoms with Crippen LogP contribution >= 0.6 is 0 Å². The van der Waals surface area contributed by atoms with Crippen molar-refractivity contribution in [2.45, 2.75) is 19.7 Å². The van der Waals surface area contributed by atoms with E-state index in [1.807, 2.05) is 0 Å². The van der Waals surface area contributed by atoms with Crippen LogP contribution in [0.4, 0.5) is 13.2 Å². The quantitative estimate of drug-likeness (QED) is 0.789. The number of nitrogens with zero attached hydrogens (tertiary/aromatic N) is 1. The average Bonchev–Trinajstić information content (AvgIpc) is 2.30. The van der Waals surface area contributed by atoms with Crippen molar-refractivity contribution in [2.24, 2.45) is 0 Å². The second kappa shape index (κ2) is 5.77. The summed E-state index contributed by atoms with van der Waals surface area (Å²) >= 11 is 0. The second-order valence-electron chi connectivity index (χ2n) is 3.56. The number of pyridine rings is 1. The number of ether oxygens (including phenoxy) is 3. The third-order valence-corrected chi connectivity index (χ3v) is 2.16. The molecule has 8 heteroatoms. The molecule has 0 amide bonds. The summed E-state index contributed by atoms with van der Waals surface area (Å²) in [6, 6.07) is 1.11. The van der Waals surface area contributed by atoms with Crippen LogP contribution in [0.5, 0.6) is 11.6 Å². The Morgan fingerprint density at radius 1 is 1.37 bits per heavy atom. The standard InChI is InChI=1S/C11H12F3NO4/c1-6-4-8(19-11(12,13)14)7(5-9(16)17-2)15-10(6)18-3/h4H,5H2,1-3H3. The smallest absolute Gasteiger partial charge is 0.481 e. The number of halogens is 3. The van der Waals surface area contributed by atoms with Gasteiger partial charge in [0.05, 0.1) is 26.3 Å². The zero-order valence-electron chi connectivity index (χ0n) is 10.5. The first-order chi connectivity index (χ1) is 8.76. The van der Waals surface area contributed by atoms with Crippen molar-refractivity contribution in [3.05, 3.63) is 17.3 Å². The lowest BCUT2D eigenvalue weighted by molar-refractivity contribution is -0.275. The lowest BCUT2D eigenvalue weighted by atomic mass is 10.2. The monoisotopic (exact) mass is 279 g/mol. The van der Waals surface area contributed by atoms with E-state index >= 15 is 0 Å². The van der Waals surface area contributed by atoms with E-state index in [2.05, 4.69) is 14.5 Å². The average molecular weight is 279 g/mol. The molecule has 0 aliphatic rings. The maximum absolute atomic E-state index is 12.3. The molecule has 0 atom stereocenters. The fourth-order valence-electron chi connectivity index (χ4n) is 1.36. The van der Waals surface area contributed by atoms with Gasteiger partial charge in [-0.15, -0.1) is 13.2 Å². The Hall–Kier alpha value is -1.99. The van der Waals surface area contributed by atoms with Crippen LogP contribution in [0.1, 0.15) is 11.3 Å². The van der Waals surface area contributed by atoms with Gasteiger partial charge >= 0.3 is 12.3 Å². The molecule has 0 bridgehead atoms. The molecule has 19 heavy (non-hydrogen) atoms. The summed E-state index contributed by atoms with van der Waals surface area (Å²) in [5, 5.41) is 0. The predicted octanol–water partition coefficient (Wildman–Crippen LogP) is 2.01. The number of carbonyl (C=O) groups is 1. The van der Waals surface area contributed by atoms with Crippen molar-refractivity contribution in [1.82, 2.24) is 4.98 Å². The summed E-state index contributed by atoms with van der Waals surface area (Å²) in [5.74, 6) is -1.16. The number of methoxy groups -OCH3 is 2. The number of hydrogen-bond acceptors (Lipinski definition) is 5. The Morgan fingerprint density at radius 3 is 2.47 bits per heavy atom. The van der Waals surface area contributed by atoms with E-state index in [9.17, 15) is 18.0 Å². The lowest BCUT2D eigenvalue weighted by Crippen LogP contribution is -2.20. The van der Waals surface area contributed by atoms with Gasteiger partial charge in [0.2, 0.25) is 5.88 Å². The van der Waals surface area contributed by atoms with Crippen molar-refractivity contribution < 1.29 is 32.2 Å². The molecule has 1 rings (SSSR count). The van der Waals surface area contributed by atoms with Crippen molar-refractivity contribution in [3.8, 4) is 11.6 Å². The molecule has 1 heterocycles. The highest BCUT2D eigenvalue weighted by molar-refractivity contribution is 5.72. The number of aromatic nitrogens is 1. The van der Waals surface area contributed by atoms with Gasteiger partial charge in [-0.25, -0.2) is 4.98 Å². The third kappa shape index (κ3) is 4.31. The largest absolute Gasteiger partial charge is 0.573 e. The van der Waals surface area contributed by atoms with E-state index in [4.69, 9.17) is 4.74 Å². The van der Waals surface area contributed by atoms with Gasteiger partial charge in [0.15, 0.2) is 5.75 Å². The van der Waals surface area contributed by atoms with Crippen LogP contribution in [0.25, 0.3) is 0 Å². The van der Waals surface area contributed by atoms with Gasteiger partial charge in [-0.1, -0.05) is 0 Å². The summed E-state index contributed by atoms with van der Waals surface area (Å²) in [7, 11) is 2.44. The molecule has 0 spiro atoms. The Kier molecular flexibility index (Phi) is 4.57. The van der Waals surface area contributed by atoms with Gasteiger partial charge in [-0.2, -0.15) is 0 Å². The normalized spacial score (nSPS) is 11.1. The molecular formula is C11H12F3NO4. The van der Waals surface area contributed by atoms with Gasteiger partial charge < -0.3 is 14.2 Å². The van der Waals surface area contributed by atoms with Crippen molar-refractivity contribution in [1.29, 1.82) is 0 Å². The fraction of sp³-hybridized carbons (Fsp3) is 0.455. The summed E-state index contributed by atoms with van der Waals surface area (Å²) in [6.07, 6.45) is -5.31. The van der Waals surface area contributed by atoms with Crippen molar-refractivity contribution >= 4 is 5.97 Å². The minimum Gasteiger partial charge on any atom is -0.481 e. The molecule has 1 aromatic rings. The Labute approximate surface area is 107 Å². The van der Waals surface area contributed by atoms with Gasteiger partial charge in [0.1, 0.15) is 0 Å². The van der Waals surface area contributed by atoms with E-state index < -0.39 is 24.5 Å². The van der Waals surface area contributed by atoms with Crippen LogP contribution in [0, 0.1) is 6.92 Å². The lowest BCUT2D eigenvalue weighted by Gasteiger charge is -2.14. The fourth-order valence-corrected chi connectivity index (χ4v) is 1.36. The first-order valence-corrected chi connectivity index (χ1v) is 5.14. The van der Waals surface area contributed by atoms with E-state index in [1.165, 1.54) is 14.0 Å². The first-order valence-electron chi connectivity index (χ1n) is 5.14. The molecule has 0 aliphatic heterocycles. The maximum Gasteiger partial charge on any atom is 0.573 e. The van der Waals surface area contributed by atoms with Gasteiger partial charge in [0.25, 0.3) is 0 Å². The van der Waals surface area contributed by atoms with Gasteiger partial charge in [-0.3, -0.25) is 4.79 Å². The van der Waals surface area contributed by atoms with Crippen LogP contribution in [0.3, 0.4) is 0 Å². The van der Waals surface area contributed by atoms with E-state index in [0.29, 0.717) is 5.56 Å². The number of rotatable bonds is 4. The van der Waals surface area contributed by atoms with Crippen LogP contribution in [-0.4, -0.2) is 31.5 Å². The number of alkyl halides is 3. The van der Waals surface area contributed by atoms with E-state index in [0.717, 1.165) is 13.2 Å². The third-order valence-electron chi connectivity index (χ3n) is 2.16. The molecule has 1 aromatic heterocycles. The van der Waals surface area contributed by atoms with Crippen molar-refractivity contribution in [2.75, 3.05) is 14.2 Å². The topological polar surface area (TPSA) is 57.7 Å². The predicted molar refractivity (Wildman–Crippen MR) is 57.9 cm³/mol. The highest BCUT2D eigenvalue weighted by atomic mass is 19.4. The van der Waals surface area contributed by atoms with Crippen LogP contribution in [0.2, 0.25) is 0 Å². The molecule has 0 aromatic carbocycles. The van der Waals surface area contributed by atoms with Crippen LogP contribution < -0.4 is 9.47 Å². The number of carbonyl (C=O) groups excluding carboxylic acids is 1. The van der Waals surface area contributed by atoms with Gasteiger partial charge in [0, 0.05) is 5.56 Å². The molecule has 0 aliphatic carbocycles. The van der Waals surface area contributed by atoms with Crippen LogP contribution in [0.15, 0.2) is 6.07 Å².